The third kappa shape index (κ3) is 3.59. The van der Waals surface area contributed by atoms with Crippen molar-refractivity contribution < 1.29 is 14.3 Å². The molecule has 2 amide bonds. The molecule has 0 saturated carbocycles. The van der Waals surface area contributed by atoms with Crippen LogP contribution in [0.5, 0.6) is 0 Å². The van der Waals surface area contributed by atoms with E-state index in [1.165, 1.54) is 0 Å². The topological polar surface area (TPSA) is 62.7 Å². The Labute approximate surface area is 142 Å². The van der Waals surface area contributed by atoms with Crippen LogP contribution in [-0.4, -0.2) is 54.5 Å². The number of ether oxygens (including phenoxy) is 1. The van der Waals surface area contributed by atoms with Crippen molar-refractivity contribution in [3.63, 3.8) is 0 Å². The maximum absolute atomic E-state index is 12.9. The lowest BCUT2D eigenvalue weighted by Gasteiger charge is -2.26. The number of anilines is 1. The Morgan fingerprint density at radius 1 is 1.33 bits per heavy atom. The maximum Gasteiger partial charge on any atom is 0.255 e. The van der Waals surface area contributed by atoms with Crippen molar-refractivity contribution in [2.75, 3.05) is 37.7 Å². The lowest BCUT2D eigenvalue weighted by atomic mass is 9.96. The largest absolute Gasteiger partial charge is 0.379 e. The molecule has 0 aliphatic carbocycles. The zero-order chi connectivity index (χ0) is 17.1. The van der Waals surface area contributed by atoms with E-state index in [1.807, 2.05) is 4.90 Å². The molecule has 0 N–H and O–H groups in total. The molecule has 0 radical (unpaired) electrons. The molecule has 6 nitrogen and oxygen atoms in total. The molecule has 1 aromatic rings. The third-order valence-corrected chi connectivity index (χ3v) is 4.88. The summed E-state index contributed by atoms with van der Waals surface area (Å²) in [6.45, 7) is 7.56. The summed E-state index contributed by atoms with van der Waals surface area (Å²) < 4.78 is 5.64. The quantitative estimate of drug-likeness (QED) is 0.849. The van der Waals surface area contributed by atoms with Gasteiger partial charge in [-0.1, -0.05) is 13.8 Å². The van der Waals surface area contributed by atoms with Gasteiger partial charge >= 0.3 is 0 Å². The predicted octanol–water partition coefficient (Wildman–Crippen LogP) is 1.95. The summed E-state index contributed by atoms with van der Waals surface area (Å²) in [6.07, 6.45) is 4.67. The van der Waals surface area contributed by atoms with Gasteiger partial charge in [0.1, 0.15) is 0 Å². The molecule has 2 aliphatic rings. The van der Waals surface area contributed by atoms with Crippen LogP contribution in [0.4, 0.5) is 5.69 Å². The van der Waals surface area contributed by atoms with Crippen LogP contribution in [0, 0.1) is 11.8 Å². The highest BCUT2D eigenvalue weighted by molar-refractivity contribution is 5.98. The number of aromatic nitrogens is 1. The van der Waals surface area contributed by atoms with Gasteiger partial charge in [-0.05, 0) is 18.4 Å². The normalized spacial score (nSPS) is 22.1. The molecule has 3 heterocycles. The van der Waals surface area contributed by atoms with Gasteiger partial charge in [-0.15, -0.1) is 0 Å². The predicted molar refractivity (Wildman–Crippen MR) is 90.9 cm³/mol. The molecule has 3 rings (SSSR count). The fraction of sp³-hybridized carbons (Fsp3) is 0.611. The fourth-order valence-corrected chi connectivity index (χ4v) is 3.22. The molecule has 24 heavy (non-hydrogen) atoms. The number of nitrogens with zero attached hydrogens (tertiary/aromatic N) is 3. The zero-order valence-corrected chi connectivity index (χ0v) is 14.4. The van der Waals surface area contributed by atoms with E-state index in [4.69, 9.17) is 4.74 Å². The van der Waals surface area contributed by atoms with E-state index in [9.17, 15) is 9.59 Å². The first-order valence-electron chi connectivity index (χ1n) is 8.68. The Bertz CT molecular complexity index is 617. The zero-order valence-electron chi connectivity index (χ0n) is 14.4. The molecule has 1 atom stereocenters. The van der Waals surface area contributed by atoms with Crippen LogP contribution < -0.4 is 4.90 Å². The Balaban J connectivity index is 1.77. The van der Waals surface area contributed by atoms with Crippen molar-refractivity contribution in [1.29, 1.82) is 0 Å². The van der Waals surface area contributed by atoms with Crippen LogP contribution >= 0.6 is 0 Å². The van der Waals surface area contributed by atoms with Crippen LogP contribution in [0.1, 0.15) is 37.0 Å². The molecule has 1 aromatic heterocycles. The average molecular weight is 331 g/mol. The van der Waals surface area contributed by atoms with E-state index < -0.39 is 0 Å². The van der Waals surface area contributed by atoms with Crippen molar-refractivity contribution in [2.45, 2.75) is 26.7 Å². The minimum atomic E-state index is -0.0351. The number of carbonyl (C=O) groups excluding carboxylic acids is 2. The molecule has 2 aliphatic heterocycles. The first kappa shape index (κ1) is 16.9. The van der Waals surface area contributed by atoms with Gasteiger partial charge in [0.2, 0.25) is 5.91 Å². The van der Waals surface area contributed by atoms with E-state index in [0.717, 1.165) is 12.1 Å². The van der Waals surface area contributed by atoms with Gasteiger partial charge in [0, 0.05) is 38.2 Å². The summed E-state index contributed by atoms with van der Waals surface area (Å²) in [4.78, 5) is 32.6. The number of rotatable bonds is 3. The standard InChI is InChI=1S/C18H25N3O3/c1-13(2)15-11-20(6-7-24-12-15)18(23)14-8-16(10-19-9-14)21-5-3-4-17(21)22/h8-10,13,15H,3-7,11-12H2,1-2H3. The van der Waals surface area contributed by atoms with Crippen LogP contribution in [-0.2, 0) is 9.53 Å². The average Bonchev–Trinajstić information content (AvgIpc) is 2.85. The lowest BCUT2D eigenvalue weighted by molar-refractivity contribution is -0.117. The van der Waals surface area contributed by atoms with Crippen LogP contribution in [0.15, 0.2) is 18.5 Å². The number of carbonyl (C=O) groups is 2. The fourth-order valence-electron chi connectivity index (χ4n) is 3.22. The van der Waals surface area contributed by atoms with Gasteiger partial charge in [0.25, 0.3) is 5.91 Å². The first-order valence-corrected chi connectivity index (χ1v) is 8.68. The maximum atomic E-state index is 12.9. The number of hydrogen-bond donors (Lipinski definition) is 0. The second-order valence-corrected chi connectivity index (χ2v) is 6.91. The van der Waals surface area contributed by atoms with Crippen LogP contribution in [0.2, 0.25) is 0 Å². The SMILES string of the molecule is CC(C)C1COCCN(C(=O)c2cncc(N3CCCC3=O)c2)C1. The Morgan fingerprint density at radius 2 is 2.17 bits per heavy atom. The summed E-state index contributed by atoms with van der Waals surface area (Å²) >= 11 is 0. The number of pyridine rings is 1. The number of hydrogen-bond acceptors (Lipinski definition) is 4. The van der Waals surface area contributed by atoms with Crippen LogP contribution in [0.25, 0.3) is 0 Å². The van der Waals surface area contributed by atoms with Crippen molar-refractivity contribution in [1.82, 2.24) is 9.88 Å². The minimum Gasteiger partial charge on any atom is -0.379 e. The van der Waals surface area contributed by atoms with Crippen molar-refractivity contribution in [3.8, 4) is 0 Å². The summed E-state index contributed by atoms with van der Waals surface area (Å²) in [6, 6.07) is 1.79. The van der Waals surface area contributed by atoms with Gasteiger partial charge in [-0.2, -0.15) is 0 Å². The highest BCUT2D eigenvalue weighted by Crippen LogP contribution is 2.23. The van der Waals surface area contributed by atoms with Crippen molar-refractivity contribution in [3.05, 3.63) is 24.0 Å². The van der Waals surface area contributed by atoms with E-state index >= 15 is 0 Å². The summed E-state index contributed by atoms with van der Waals surface area (Å²) in [7, 11) is 0. The molecule has 0 bridgehead atoms. The van der Waals surface area contributed by atoms with Gasteiger partial charge < -0.3 is 14.5 Å². The molecule has 6 heteroatoms. The van der Waals surface area contributed by atoms with Gasteiger partial charge in [-0.25, -0.2) is 0 Å². The first-order chi connectivity index (χ1) is 11.6. The van der Waals surface area contributed by atoms with Crippen molar-refractivity contribution in [2.24, 2.45) is 11.8 Å². The summed E-state index contributed by atoms with van der Waals surface area (Å²) in [5.41, 5.74) is 1.26. The van der Waals surface area contributed by atoms with E-state index in [1.54, 1.807) is 23.4 Å². The molecule has 2 saturated heterocycles. The third-order valence-electron chi connectivity index (χ3n) is 4.88. The van der Waals surface area contributed by atoms with Gasteiger partial charge in [0.05, 0.1) is 30.7 Å². The molecule has 130 valence electrons. The molecular weight excluding hydrogens is 306 g/mol. The second kappa shape index (κ2) is 7.30. The van der Waals surface area contributed by atoms with Gasteiger partial charge in [-0.3, -0.25) is 14.6 Å². The molecule has 0 spiro atoms. The van der Waals surface area contributed by atoms with Crippen LogP contribution in [0.3, 0.4) is 0 Å². The molecule has 1 unspecified atom stereocenters. The molecule has 2 fully saturated rings. The van der Waals surface area contributed by atoms with Gasteiger partial charge in [0.15, 0.2) is 0 Å². The minimum absolute atomic E-state index is 0.0351. The number of amides is 2. The lowest BCUT2D eigenvalue weighted by Crippen LogP contribution is -2.37. The summed E-state index contributed by atoms with van der Waals surface area (Å²) in [5.74, 6) is 0.870. The Hall–Kier alpha value is -1.95. The van der Waals surface area contributed by atoms with E-state index in [2.05, 4.69) is 18.8 Å². The monoisotopic (exact) mass is 331 g/mol. The Morgan fingerprint density at radius 3 is 2.88 bits per heavy atom. The van der Waals surface area contributed by atoms with E-state index in [-0.39, 0.29) is 11.8 Å². The Kier molecular flexibility index (Phi) is 5.14. The second-order valence-electron chi connectivity index (χ2n) is 6.91. The highest BCUT2D eigenvalue weighted by Gasteiger charge is 2.27. The molecular formula is C18H25N3O3. The summed E-state index contributed by atoms with van der Waals surface area (Å²) in [5, 5.41) is 0. The molecule has 0 aromatic carbocycles. The van der Waals surface area contributed by atoms with E-state index in [0.29, 0.717) is 56.7 Å². The highest BCUT2D eigenvalue weighted by atomic mass is 16.5. The smallest absolute Gasteiger partial charge is 0.255 e. The van der Waals surface area contributed by atoms with Crippen molar-refractivity contribution >= 4 is 17.5 Å².